The Morgan fingerprint density at radius 3 is 2.31 bits per heavy atom. The number of carboxylic acids is 1. The molecule has 0 heterocycles. The van der Waals surface area contributed by atoms with Crippen molar-refractivity contribution >= 4 is 5.97 Å². The lowest BCUT2D eigenvalue weighted by molar-refractivity contribution is -0.154. The van der Waals surface area contributed by atoms with Gasteiger partial charge in [-0.2, -0.15) is 0 Å². The zero-order valence-corrected chi connectivity index (χ0v) is 8.29. The van der Waals surface area contributed by atoms with Gasteiger partial charge in [0.15, 0.2) is 0 Å². The molecule has 0 amide bonds. The van der Waals surface area contributed by atoms with E-state index in [1.807, 2.05) is 0 Å². The lowest BCUT2D eigenvalue weighted by atomic mass is 9.69. The molecule has 1 fully saturated rings. The highest BCUT2D eigenvalue weighted by Crippen LogP contribution is 2.38. The van der Waals surface area contributed by atoms with Gasteiger partial charge in [0.1, 0.15) is 0 Å². The molecule has 0 bridgehead atoms. The van der Waals surface area contributed by atoms with Crippen molar-refractivity contribution in [3.8, 4) is 0 Å². The minimum atomic E-state index is -0.807. The van der Waals surface area contributed by atoms with Gasteiger partial charge in [0.05, 0.1) is 11.5 Å². The highest BCUT2D eigenvalue weighted by Gasteiger charge is 2.41. The van der Waals surface area contributed by atoms with E-state index in [2.05, 4.69) is 0 Å². The van der Waals surface area contributed by atoms with Gasteiger partial charge in [0.2, 0.25) is 0 Å². The van der Waals surface area contributed by atoms with Crippen LogP contribution in [0.3, 0.4) is 0 Å². The fourth-order valence-corrected chi connectivity index (χ4v) is 2.11. The lowest BCUT2D eigenvalue weighted by Crippen LogP contribution is -2.41. The molecule has 0 aliphatic heterocycles. The number of aliphatic carboxylic acids is 1. The van der Waals surface area contributed by atoms with Crippen LogP contribution in [0.15, 0.2) is 0 Å². The number of aliphatic hydroxyl groups is 1. The summed E-state index contributed by atoms with van der Waals surface area (Å²) in [7, 11) is 0. The van der Waals surface area contributed by atoms with Gasteiger partial charge in [-0.1, -0.05) is 12.8 Å². The summed E-state index contributed by atoms with van der Waals surface area (Å²) in [5, 5.41) is 18.7. The van der Waals surface area contributed by atoms with Crippen molar-refractivity contribution in [1.29, 1.82) is 0 Å². The van der Waals surface area contributed by atoms with Crippen LogP contribution >= 0.6 is 0 Å². The predicted molar refractivity (Wildman–Crippen MR) is 49.4 cm³/mol. The summed E-state index contributed by atoms with van der Waals surface area (Å²) < 4.78 is 0. The van der Waals surface area contributed by atoms with E-state index >= 15 is 0 Å². The summed E-state index contributed by atoms with van der Waals surface area (Å²) in [6.45, 7) is 3.41. The van der Waals surface area contributed by atoms with E-state index in [4.69, 9.17) is 5.11 Å². The Bertz CT molecular complexity index is 198. The van der Waals surface area contributed by atoms with Crippen LogP contribution in [0.1, 0.15) is 39.5 Å². The van der Waals surface area contributed by atoms with Crippen molar-refractivity contribution in [3.63, 3.8) is 0 Å². The molecule has 76 valence electrons. The monoisotopic (exact) mass is 186 g/mol. The van der Waals surface area contributed by atoms with Crippen molar-refractivity contribution < 1.29 is 15.0 Å². The Morgan fingerprint density at radius 1 is 1.31 bits per heavy atom. The molecule has 0 aromatic rings. The number of rotatable bonds is 2. The van der Waals surface area contributed by atoms with E-state index in [0.717, 1.165) is 25.7 Å². The fraction of sp³-hybridized carbons (Fsp3) is 0.900. The van der Waals surface area contributed by atoms with Crippen LogP contribution in [0.5, 0.6) is 0 Å². The van der Waals surface area contributed by atoms with Crippen LogP contribution in [0, 0.1) is 11.3 Å². The third kappa shape index (κ3) is 2.02. The maximum Gasteiger partial charge on any atom is 0.309 e. The number of carbonyl (C=O) groups is 1. The first-order valence-electron chi connectivity index (χ1n) is 4.87. The van der Waals surface area contributed by atoms with E-state index < -0.39 is 17.5 Å². The summed E-state index contributed by atoms with van der Waals surface area (Å²) in [6, 6.07) is 0. The summed E-state index contributed by atoms with van der Waals surface area (Å²) in [5.74, 6) is -0.891. The highest BCUT2D eigenvalue weighted by atomic mass is 16.4. The van der Waals surface area contributed by atoms with E-state index in [9.17, 15) is 9.90 Å². The predicted octanol–water partition coefficient (Wildman–Crippen LogP) is 1.65. The number of hydrogen-bond donors (Lipinski definition) is 2. The smallest absolute Gasteiger partial charge is 0.309 e. The SMILES string of the molecule is CC(C)(C(=O)O)[C@@H]1CCCC[C@H]1O. The third-order valence-electron chi connectivity index (χ3n) is 3.21. The number of hydrogen-bond acceptors (Lipinski definition) is 2. The van der Waals surface area contributed by atoms with Gasteiger partial charge >= 0.3 is 5.97 Å². The molecule has 1 saturated carbocycles. The Morgan fingerprint density at radius 2 is 1.85 bits per heavy atom. The van der Waals surface area contributed by atoms with Crippen molar-refractivity contribution in [2.24, 2.45) is 11.3 Å². The zero-order chi connectivity index (χ0) is 10.1. The van der Waals surface area contributed by atoms with Crippen molar-refractivity contribution in [2.45, 2.75) is 45.6 Å². The van der Waals surface area contributed by atoms with Crippen LogP contribution in [0.2, 0.25) is 0 Å². The molecule has 1 aliphatic rings. The molecule has 2 atom stereocenters. The summed E-state index contributed by atoms with van der Waals surface area (Å²) >= 11 is 0. The normalized spacial score (nSPS) is 30.1. The van der Waals surface area contributed by atoms with Crippen molar-refractivity contribution in [3.05, 3.63) is 0 Å². The molecule has 0 unspecified atom stereocenters. The number of aliphatic hydroxyl groups excluding tert-OH is 1. The van der Waals surface area contributed by atoms with Crippen LogP contribution in [0.4, 0.5) is 0 Å². The second-order valence-electron chi connectivity index (χ2n) is 4.49. The molecule has 2 N–H and O–H groups in total. The first-order valence-corrected chi connectivity index (χ1v) is 4.87. The second kappa shape index (κ2) is 3.66. The van der Waals surface area contributed by atoms with Gasteiger partial charge < -0.3 is 10.2 Å². The molecule has 0 aromatic heterocycles. The molecule has 1 rings (SSSR count). The first-order chi connectivity index (χ1) is 5.96. The molecule has 0 radical (unpaired) electrons. The largest absolute Gasteiger partial charge is 0.481 e. The molecule has 0 aromatic carbocycles. The van der Waals surface area contributed by atoms with E-state index in [1.165, 1.54) is 0 Å². The van der Waals surface area contributed by atoms with Crippen LogP contribution < -0.4 is 0 Å². The van der Waals surface area contributed by atoms with Gasteiger partial charge in [0.25, 0.3) is 0 Å². The Kier molecular flexibility index (Phi) is 2.96. The molecule has 13 heavy (non-hydrogen) atoms. The minimum Gasteiger partial charge on any atom is -0.481 e. The quantitative estimate of drug-likeness (QED) is 0.689. The van der Waals surface area contributed by atoms with E-state index in [1.54, 1.807) is 13.8 Å². The zero-order valence-electron chi connectivity index (χ0n) is 8.29. The second-order valence-corrected chi connectivity index (χ2v) is 4.49. The Hall–Kier alpha value is -0.570. The average Bonchev–Trinajstić information content (AvgIpc) is 2.04. The lowest BCUT2D eigenvalue weighted by Gasteiger charge is -2.37. The van der Waals surface area contributed by atoms with Crippen LogP contribution in [0.25, 0.3) is 0 Å². The van der Waals surface area contributed by atoms with Gasteiger partial charge in [0, 0.05) is 5.92 Å². The average molecular weight is 186 g/mol. The van der Waals surface area contributed by atoms with Crippen molar-refractivity contribution in [2.75, 3.05) is 0 Å². The van der Waals surface area contributed by atoms with E-state index in [0.29, 0.717) is 0 Å². The topological polar surface area (TPSA) is 57.5 Å². The van der Waals surface area contributed by atoms with E-state index in [-0.39, 0.29) is 5.92 Å². The summed E-state index contributed by atoms with van der Waals surface area (Å²) in [6.07, 6.45) is 3.22. The molecule has 3 nitrogen and oxygen atoms in total. The summed E-state index contributed by atoms with van der Waals surface area (Å²) in [4.78, 5) is 11.0. The number of carboxylic acid groups (broad SMARTS) is 1. The molecular weight excluding hydrogens is 168 g/mol. The standard InChI is InChI=1S/C10H18O3/c1-10(2,9(12)13)7-5-3-4-6-8(7)11/h7-8,11H,3-6H2,1-2H3,(H,12,13)/t7-,8-/m1/s1. The molecule has 1 aliphatic carbocycles. The van der Waals surface area contributed by atoms with Gasteiger partial charge in [-0.15, -0.1) is 0 Å². The van der Waals surface area contributed by atoms with Crippen LogP contribution in [-0.2, 0) is 4.79 Å². The molecule has 0 spiro atoms. The molecule has 3 heteroatoms. The maximum absolute atomic E-state index is 11.0. The van der Waals surface area contributed by atoms with Gasteiger partial charge in [-0.05, 0) is 26.7 Å². The highest BCUT2D eigenvalue weighted by molar-refractivity contribution is 5.74. The maximum atomic E-state index is 11.0. The van der Waals surface area contributed by atoms with Gasteiger partial charge in [-0.3, -0.25) is 4.79 Å². The molecule has 0 saturated heterocycles. The minimum absolute atomic E-state index is 0.0845. The fourth-order valence-electron chi connectivity index (χ4n) is 2.11. The Labute approximate surface area is 78.8 Å². The molecular formula is C10H18O3. The van der Waals surface area contributed by atoms with Crippen LogP contribution in [-0.4, -0.2) is 22.3 Å². The summed E-state index contributed by atoms with van der Waals surface area (Å²) in [5.41, 5.74) is -0.792. The van der Waals surface area contributed by atoms with Crippen molar-refractivity contribution in [1.82, 2.24) is 0 Å². The first kappa shape index (κ1) is 10.5. The van der Waals surface area contributed by atoms with Gasteiger partial charge in [-0.25, -0.2) is 0 Å². The third-order valence-corrected chi connectivity index (χ3v) is 3.21. The Balaban J connectivity index is 2.73.